The Balaban J connectivity index is 1.61. The third-order valence-corrected chi connectivity index (χ3v) is 5.14. The number of nitrogens with zero attached hydrogens (tertiary/aromatic N) is 3. The molecule has 2 heterocycles. The summed E-state index contributed by atoms with van der Waals surface area (Å²) in [4.78, 5) is 23.3. The Hall–Kier alpha value is -2.03. The van der Waals surface area contributed by atoms with E-state index in [2.05, 4.69) is 25.9 Å². The van der Waals surface area contributed by atoms with Crippen molar-refractivity contribution in [1.29, 1.82) is 0 Å². The molecule has 4 N–H and O–H groups in total. The number of amides is 1. The van der Waals surface area contributed by atoms with E-state index in [4.69, 9.17) is 14.6 Å². The zero-order chi connectivity index (χ0) is 21.1. The number of ether oxygens (including phenoxy) is 1. The van der Waals surface area contributed by atoms with Gasteiger partial charge in [-0.05, 0) is 56.4 Å². The van der Waals surface area contributed by atoms with Gasteiger partial charge in [0.15, 0.2) is 5.82 Å². The first-order valence-corrected chi connectivity index (χ1v) is 9.17. The van der Waals surface area contributed by atoms with Crippen molar-refractivity contribution in [3.05, 3.63) is 5.82 Å². The fraction of sp³-hybridized carbons (Fsp3) is 0.824. The lowest BCUT2D eigenvalue weighted by molar-refractivity contribution is -0.148. The SMILES string of the molecule is [2H]C1([2H])[C@H]2C[C@@H](CCc3nn[nH]n3)CC[C@H]2CN[C@]1([2H])C(=O)OCCCC(N)=O. The normalized spacial score (nSPS) is 34.8. The first-order valence-electron chi connectivity index (χ1n) is 10.7. The molecule has 0 unspecified atom stereocenters. The standard InChI is InChI=1S/C17H28N6O3/c18-15(24)2-1-7-26-17(25)14-9-13-8-11(3-5-12(13)10-19-14)4-6-16-20-22-23-21-16/h11-14,19H,1-10H2,(H2,18,24)(H,20,21,22,23)/t11-,12+,13-,14+/m1/s1/i9D2,14D. The summed E-state index contributed by atoms with van der Waals surface area (Å²) in [6, 6.07) is -2.17. The van der Waals surface area contributed by atoms with Gasteiger partial charge in [-0.3, -0.25) is 9.59 Å². The number of nitrogens with two attached hydrogens (primary N) is 1. The van der Waals surface area contributed by atoms with Crippen LogP contribution in [0.3, 0.4) is 0 Å². The van der Waals surface area contributed by atoms with E-state index < -0.39 is 30.2 Å². The zero-order valence-corrected chi connectivity index (χ0v) is 14.7. The van der Waals surface area contributed by atoms with Crippen molar-refractivity contribution in [3.8, 4) is 0 Å². The Morgan fingerprint density at radius 3 is 3.04 bits per heavy atom. The molecular weight excluding hydrogens is 336 g/mol. The van der Waals surface area contributed by atoms with E-state index in [0.29, 0.717) is 25.2 Å². The maximum absolute atomic E-state index is 12.6. The second-order valence-corrected chi connectivity index (χ2v) is 7.02. The third-order valence-electron chi connectivity index (χ3n) is 5.14. The second-order valence-electron chi connectivity index (χ2n) is 7.02. The van der Waals surface area contributed by atoms with Gasteiger partial charge in [-0.1, -0.05) is 11.6 Å². The number of rotatable bonds is 8. The number of aromatic nitrogens is 4. The largest absolute Gasteiger partial charge is 0.465 e. The highest BCUT2D eigenvalue weighted by Crippen LogP contribution is 2.40. The van der Waals surface area contributed by atoms with Crippen molar-refractivity contribution in [3.63, 3.8) is 0 Å². The summed E-state index contributed by atoms with van der Waals surface area (Å²) in [6.45, 7) is 0.337. The van der Waals surface area contributed by atoms with Crippen molar-refractivity contribution in [1.82, 2.24) is 25.9 Å². The lowest BCUT2D eigenvalue weighted by atomic mass is 9.69. The number of piperidine rings is 1. The molecule has 1 aromatic rings. The minimum atomic E-state index is -2.17. The van der Waals surface area contributed by atoms with E-state index in [9.17, 15) is 9.59 Å². The van der Waals surface area contributed by atoms with Gasteiger partial charge in [0, 0.05) is 15.6 Å². The van der Waals surface area contributed by atoms with E-state index in [1.165, 1.54) is 0 Å². The molecule has 1 saturated heterocycles. The molecule has 2 aliphatic rings. The Kier molecular flexibility index (Phi) is 5.25. The maximum atomic E-state index is 12.6. The first-order chi connectivity index (χ1) is 13.7. The van der Waals surface area contributed by atoms with E-state index in [1.807, 2.05) is 0 Å². The van der Waals surface area contributed by atoms with Crippen LogP contribution in [-0.4, -0.2) is 51.7 Å². The highest BCUT2D eigenvalue weighted by molar-refractivity contribution is 5.76. The van der Waals surface area contributed by atoms with Crippen molar-refractivity contribution in [2.45, 2.75) is 57.3 Å². The number of aromatic amines is 1. The van der Waals surface area contributed by atoms with Crippen LogP contribution >= 0.6 is 0 Å². The van der Waals surface area contributed by atoms with E-state index in [-0.39, 0.29) is 31.3 Å². The number of primary amides is 1. The van der Waals surface area contributed by atoms with Crippen LogP contribution in [0.5, 0.6) is 0 Å². The molecule has 0 bridgehead atoms. The van der Waals surface area contributed by atoms with Crippen LogP contribution in [0, 0.1) is 17.8 Å². The molecule has 1 aliphatic heterocycles. The van der Waals surface area contributed by atoms with Gasteiger partial charge >= 0.3 is 5.97 Å². The number of H-pyrrole nitrogens is 1. The number of hydrogen-bond donors (Lipinski definition) is 3. The Bertz CT molecular complexity index is 719. The minimum absolute atomic E-state index is 0.0679. The fourth-order valence-corrected chi connectivity index (χ4v) is 3.71. The lowest BCUT2D eigenvalue weighted by Crippen LogP contribution is -2.50. The van der Waals surface area contributed by atoms with Crippen LogP contribution in [0.2, 0.25) is 0 Å². The number of fused-ring (bicyclic) bond motifs is 1. The van der Waals surface area contributed by atoms with Gasteiger partial charge in [-0.25, -0.2) is 0 Å². The summed E-state index contributed by atoms with van der Waals surface area (Å²) >= 11 is 0. The number of carbonyl (C=O) groups is 2. The van der Waals surface area contributed by atoms with Crippen LogP contribution < -0.4 is 11.1 Å². The van der Waals surface area contributed by atoms with Crippen LogP contribution in [0.15, 0.2) is 0 Å². The number of esters is 1. The first kappa shape index (κ1) is 15.1. The molecule has 0 spiro atoms. The van der Waals surface area contributed by atoms with Gasteiger partial charge in [0.1, 0.15) is 6.02 Å². The molecular formula is C17H28N6O3. The number of hydrogen-bond acceptors (Lipinski definition) is 7. The van der Waals surface area contributed by atoms with Crippen LogP contribution in [0.25, 0.3) is 0 Å². The highest BCUT2D eigenvalue weighted by Gasteiger charge is 2.38. The Morgan fingerprint density at radius 1 is 1.38 bits per heavy atom. The summed E-state index contributed by atoms with van der Waals surface area (Å²) in [7, 11) is 0. The topological polar surface area (TPSA) is 136 Å². The molecule has 4 atom stereocenters. The van der Waals surface area contributed by atoms with Gasteiger partial charge in [0.25, 0.3) is 0 Å². The molecule has 9 heteroatoms. The predicted octanol–water partition coefficient (Wildman–Crippen LogP) is 0.335. The molecule has 26 heavy (non-hydrogen) atoms. The second kappa shape index (κ2) is 9.07. The number of nitrogens with one attached hydrogen (secondary N) is 2. The van der Waals surface area contributed by atoms with E-state index in [1.54, 1.807) is 0 Å². The molecule has 1 saturated carbocycles. The maximum Gasteiger partial charge on any atom is 0.323 e. The number of carbonyl (C=O) groups excluding carboxylic acids is 2. The van der Waals surface area contributed by atoms with Crippen molar-refractivity contribution >= 4 is 11.9 Å². The van der Waals surface area contributed by atoms with Gasteiger partial charge < -0.3 is 15.8 Å². The molecule has 1 aliphatic carbocycles. The molecule has 1 aromatic heterocycles. The molecule has 2 fully saturated rings. The van der Waals surface area contributed by atoms with Crippen molar-refractivity contribution in [2.75, 3.05) is 13.2 Å². The fourth-order valence-electron chi connectivity index (χ4n) is 3.71. The number of tetrazole rings is 1. The predicted molar refractivity (Wildman–Crippen MR) is 92.6 cm³/mol. The van der Waals surface area contributed by atoms with Crippen molar-refractivity contribution < 1.29 is 18.4 Å². The zero-order valence-electron chi connectivity index (χ0n) is 17.7. The number of aryl methyl sites for hydroxylation is 1. The Labute approximate surface area is 157 Å². The smallest absolute Gasteiger partial charge is 0.323 e. The molecule has 0 aromatic carbocycles. The monoisotopic (exact) mass is 367 g/mol. The van der Waals surface area contributed by atoms with E-state index in [0.717, 1.165) is 19.3 Å². The van der Waals surface area contributed by atoms with Gasteiger partial charge in [-0.15, -0.1) is 10.2 Å². The van der Waals surface area contributed by atoms with Gasteiger partial charge in [0.05, 0.1) is 7.98 Å². The molecule has 3 rings (SSSR count). The summed E-state index contributed by atoms with van der Waals surface area (Å²) < 4.78 is 31.0. The van der Waals surface area contributed by atoms with Crippen LogP contribution in [-0.2, 0) is 20.7 Å². The average molecular weight is 367 g/mol. The summed E-state index contributed by atoms with van der Waals surface area (Å²) in [5, 5.41) is 16.7. The minimum Gasteiger partial charge on any atom is -0.465 e. The molecule has 144 valence electrons. The van der Waals surface area contributed by atoms with Crippen molar-refractivity contribution in [2.24, 2.45) is 23.5 Å². The highest BCUT2D eigenvalue weighted by atomic mass is 16.5. The van der Waals surface area contributed by atoms with Gasteiger partial charge in [-0.2, -0.15) is 5.21 Å². The molecule has 9 nitrogen and oxygen atoms in total. The third kappa shape index (κ3) is 5.23. The van der Waals surface area contributed by atoms with Crippen LogP contribution in [0.1, 0.15) is 54.8 Å². The lowest BCUT2D eigenvalue weighted by Gasteiger charge is -2.42. The van der Waals surface area contributed by atoms with E-state index >= 15 is 0 Å². The summed E-state index contributed by atoms with van der Waals surface area (Å²) in [6.07, 6.45) is 2.14. The Morgan fingerprint density at radius 2 is 2.27 bits per heavy atom. The van der Waals surface area contributed by atoms with Gasteiger partial charge in [0.2, 0.25) is 5.91 Å². The van der Waals surface area contributed by atoms with Crippen LogP contribution in [0.4, 0.5) is 0 Å². The molecule has 1 amide bonds. The molecule has 0 radical (unpaired) electrons. The summed E-state index contributed by atoms with van der Waals surface area (Å²) in [5.74, 6) is -0.867. The average Bonchev–Trinajstić information content (AvgIpc) is 3.20. The summed E-state index contributed by atoms with van der Waals surface area (Å²) in [5.41, 5.74) is 5.06. The quantitative estimate of drug-likeness (QED) is 0.445.